The molecule has 0 amide bonds. The molecule has 2 aliphatic carbocycles. The smallest absolute Gasteiger partial charge is 0.205 e. The Balaban J connectivity index is 1.28. The van der Waals surface area contributed by atoms with Crippen molar-refractivity contribution in [2.45, 2.75) is 52.0 Å². The summed E-state index contributed by atoms with van der Waals surface area (Å²) in [5.74, 6) is 3.01. The van der Waals surface area contributed by atoms with Crippen molar-refractivity contribution in [2.24, 2.45) is 10.9 Å². The van der Waals surface area contributed by atoms with Crippen LogP contribution in [-0.4, -0.2) is 83.5 Å². The Morgan fingerprint density at radius 1 is 1.18 bits per heavy atom. The Bertz CT molecular complexity index is 645. The summed E-state index contributed by atoms with van der Waals surface area (Å²) in [7, 11) is 0. The molecule has 1 N–H and O–H groups in total. The normalized spacial score (nSPS) is 20.9. The Labute approximate surface area is 173 Å². The molecular formula is C20H35N7S. The van der Waals surface area contributed by atoms with Crippen molar-refractivity contribution in [2.75, 3.05) is 57.3 Å². The van der Waals surface area contributed by atoms with Gasteiger partial charge in [-0.2, -0.15) is 4.37 Å². The van der Waals surface area contributed by atoms with Crippen LogP contribution in [0.2, 0.25) is 0 Å². The third-order valence-corrected chi connectivity index (χ3v) is 6.67. The minimum atomic E-state index is 0.849. The second-order valence-electron chi connectivity index (χ2n) is 8.23. The number of nitrogens with one attached hydrogen (secondary N) is 1. The number of guanidine groups is 1. The average molecular weight is 406 g/mol. The fourth-order valence-electron chi connectivity index (χ4n) is 3.83. The fourth-order valence-corrected chi connectivity index (χ4v) is 4.63. The SMILES string of the molecule is CCNC(=NCCN(CC1CC1)C1CC1)N1CCN(c2nc(CC)ns2)CC1. The molecule has 156 valence electrons. The predicted molar refractivity (Wildman–Crippen MR) is 116 cm³/mol. The summed E-state index contributed by atoms with van der Waals surface area (Å²) in [4.78, 5) is 17.1. The zero-order valence-corrected chi connectivity index (χ0v) is 18.3. The molecule has 1 aliphatic heterocycles. The molecule has 1 saturated heterocycles. The number of aliphatic imine (C=N–C) groups is 1. The van der Waals surface area contributed by atoms with Gasteiger partial charge in [0.05, 0.1) is 6.54 Å². The number of hydrogen-bond donors (Lipinski definition) is 1. The molecule has 3 fully saturated rings. The maximum atomic E-state index is 4.98. The Morgan fingerprint density at radius 3 is 2.57 bits per heavy atom. The van der Waals surface area contributed by atoms with Gasteiger partial charge in [-0.3, -0.25) is 9.89 Å². The van der Waals surface area contributed by atoms with Crippen LogP contribution in [-0.2, 0) is 6.42 Å². The zero-order valence-electron chi connectivity index (χ0n) is 17.4. The molecule has 1 aromatic heterocycles. The molecule has 2 saturated carbocycles. The predicted octanol–water partition coefficient (Wildman–Crippen LogP) is 2.06. The molecule has 0 radical (unpaired) electrons. The van der Waals surface area contributed by atoms with Crippen molar-refractivity contribution in [3.63, 3.8) is 0 Å². The number of nitrogens with zero attached hydrogens (tertiary/aromatic N) is 6. The molecule has 8 heteroatoms. The van der Waals surface area contributed by atoms with Gasteiger partial charge in [0, 0.05) is 69.8 Å². The van der Waals surface area contributed by atoms with Crippen LogP contribution in [0.5, 0.6) is 0 Å². The van der Waals surface area contributed by atoms with Gasteiger partial charge in [0.2, 0.25) is 5.13 Å². The van der Waals surface area contributed by atoms with Crippen molar-refractivity contribution in [1.29, 1.82) is 0 Å². The largest absolute Gasteiger partial charge is 0.357 e. The van der Waals surface area contributed by atoms with Gasteiger partial charge in [-0.15, -0.1) is 0 Å². The van der Waals surface area contributed by atoms with E-state index in [4.69, 9.17) is 4.99 Å². The van der Waals surface area contributed by atoms with E-state index in [0.717, 1.165) is 81.1 Å². The first kappa shape index (κ1) is 19.9. The van der Waals surface area contributed by atoms with E-state index in [1.807, 2.05) is 0 Å². The Hall–Kier alpha value is -1.41. The number of aromatic nitrogens is 2. The fraction of sp³-hybridized carbons (Fsp3) is 0.850. The van der Waals surface area contributed by atoms with E-state index < -0.39 is 0 Å². The van der Waals surface area contributed by atoms with Gasteiger partial charge in [-0.05, 0) is 38.5 Å². The molecule has 0 spiro atoms. The Morgan fingerprint density at radius 2 is 1.96 bits per heavy atom. The van der Waals surface area contributed by atoms with Crippen LogP contribution in [0.15, 0.2) is 4.99 Å². The van der Waals surface area contributed by atoms with E-state index in [1.165, 1.54) is 43.8 Å². The summed E-state index contributed by atoms with van der Waals surface area (Å²) in [6, 6.07) is 0.849. The van der Waals surface area contributed by atoms with E-state index in [1.54, 1.807) is 0 Å². The molecule has 7 nitrogen and oxygen atoms in total. The van der Waals surface area contributed by atoms with Crippen molar-refractivity contribution in [3.8, 4) is 0 Å². The summed E-state index contributed by atoms with van der Waals surface area (Å²) in [6.07, 6.45) is 6.57. The second kappa shape index (κ2) is 9.39. The van der Waals surface area contributed by atoms with Crippen LogP contribution in [0.3, 0.4) is 0 Å². The van der Waals surface area contributed by atoms with E-state index in [-0.39, 0.29) is 0 Å². The average Bonchev–Trinajstić information content (AvgIpc) is 3.65. The minimum Gasteiger partial charge on any atom is -0.357 e. The minimum absolute atomic E-state index is 0.849. The molecule has 3 aliphatic rings. The maximum Gasteiger partial charge on any atom is 0.205 e. The highest BCUT2D eigenvalue weighted by molar-refractivity contribution is 7.09. The highest BCUT2D eigenvalue weighted by Crippen LogP contribution is 2.34. The van der Waals surface area contributed by atoms with E-state index in [9.17, 15) is 0 Å². The summed E-state index contributed by atoms with van der Waals surface area (Å²) >= 11 is 1.53. The third-order valence-electron chi connectivity index (χ3n) is 5.86. The van der Waals surface area contributed by atoms with Gasteiger partial charge in [0.15, 0.2) is 5.96 Å². The lowest BCUT2D eigenvalue weighted by atomic mass is 10.3. The monoisotopic (exact) mass is 405 g/mol. The number of rotatable bonds is 9. The van der Waals surface area contributed by atoms with Gasteiger partial charge in [0.1, 0.15) is 5.82 Å². The Kier molecular flexibility index (Phi) is 6.67. The molecule has 2 heterocycles. The number of anilines is 1. The van der Waals surface area contributed by atoms with Gasteiger partial charge in [-0.1, -0.05) is 6.92 Å². The highest BCUT2D eigenvalue weighted by atomic mass is 32.1. The van der Waals surface area contributed by atoms with Gasteiger partial charge >= 0.3 is 0 Å². The lowest BCUT2D eigenvalue weighted by Crippen LogP contribution is -2.52. The molecule has 28 heavy (non-hydrogen) atoms. The summed E-state index contributed by atoms with van der Waals surface area (Å²) in [5.41, 5.74) is 0. The standard InChI is InChI=1S/C20H35N7S/c1-3-18-23-20(28-24-18)26-13-11-25(12-14-26)19(21-4-2)22-9-10-27(17-7-8-17)15-16-5-6-16/h16-17H,3-15H2,1-2H3,(H,21,22). The van der Waals surface area contributed by atoms with Crippen LogP contribution in [0, 0.1) is 5.92 Å². The van der Waals surface area contributed by atoms with Crippen LogP contribution in [0.1, 0.15) is 45.4 Å². The van der Waals surface area contributed by atoms with Crippen molar-refractivity contribution in [1.82, 2.24) is 24.5 Å². The first-order valence-corrected chi connectivity index (χ1v) is 11.9. The van der Waals surface area contributed by atoms with Crippen molar-refractivity contribution < 1.29 is 0 Å². The molecular weight excluding hydrogens is 370 g/mol. The highest BCUT2D eigenvalue weighted by Gasteiger charge is 2.33. The van der Waals surface area contributed by atoms with Gasteiger partial charge in [-0.25, -0.2) is 4.98 Å². The van der Waals surface area contributed by atoms with E-state index >= 15 is 0 Å². The summed E-state index contributed by atoms with van der Waals surface area (Å²) in [5, 5.41) is 4.57. The van der Waals surface area contributed by atoms with Crippen LogP contribution < -0.4 is 10.2 Å². The zero-order chi connectivity index (χ0) is 19.3. The third kappa shape index (κ3) is 5.35. The van der Waals surface area contributed by atoms with Crippen LogP contribution in [0.25, 0.3) is 0 Å². The van der Waals surface area contributed by atoms with Crippen LogP contribution >= 0.6 is 11.5 Å². The number of hydrogen-bond acceptors (Lipinski definition) is 6. The molecule has 0 aromatic carbocycles. The van der Waals surface area contributed by atoms with Crippen molar-refractivity contribution in [3.05, 3.63) is 5.82 Å². The second-order valence-corrected chi connectivity index (χ2v) is 8.96. The lowest BCUT2D eigenvalue weighted by Gasteiger charge is -2.36. The van der Waals surface area contributed by atoms with Gasteiger partial charge < -0.3 is 15.1 Å². The number of piperazine rings is 1. The summed E-state index contributed by atoms with van der Waals surface area (Å²) in [6.45, 7) is 12.4. The quantitative estimate of drug-likeness (QED) is 0.501. The van der Waals surface area contributed by atoms with Crippen molar-refractivity contribution >= 4 is 22.6 Å². The topological polar surface area (TPSA) is 59.9 Å². The van der Waals surface area contributed by atoms with Crippen LogP contribution in [0.4, 0.5) is 5.13 Å². The molecule has 1 aromatic rings. The first-order valence-electron chi connectivity index (χ1n) is 11.1. The molecule has 4 rings (SSSR count). The number of aryl methyl sites for hydroxylation is 1. The summed E-state index contributed by atoms with van der Waals surface area (Å²) < 4.78 is 4.43. The molecule has 0 unspecified atom stereocenters. The molecule has 0 bridgehead atoms. The molecule has 0 atom stereocenters. The lowest BCUT2D eigenvalue weighted by molar-refractivity contribution is 0.259. The van der Waals surface area contributed by atoms with E-state index in [0.29, 0.717) is 0 Å². The first-order chi connectivity index (χ1) is 13.8. The van der Waals surface area contributed by atoms with Gasteiger partial charge in [0.25, 0.3) is 0 Å². The van der Waals surface area contributed by atoms with E-state index in [2.05, 4.69) is 43.2 Å². The maximum absolute atomic E-state index is 4.98.